The van der Waals surface area contributed by atoms with E-state index in [9.17, 15) is 4.79 Å². The van der Waals surface area contributed by atoms with E-state index in [0.29, 0.717) is 36.0 Å². The van der Waals surface area contributed by atoms with E-state index in [1.807, 2.05) is 26.8 Å². The number of hydrogen-bond donors (Lipinski definition) is 2. The lowest BCUT2D eigenvalue weighted by molar-refractivity contribution is 0.0740. The molecule has 1 aromatic rings. The molecule has 0 aliphatic carbocycles. The number of hydrogen-bond acceptors (Lipinski definition) is 3. The Kier molecular flexibility index (Phi) is 6.49. The molecule has 3 N–H and O–H groups in total. The Morgan fingerprint density at radius 2 is 2.14 bits per heavy atom. The molecule has 0 saturated heterocycles. The quantitative estimate of drug-likeness (QED) is 0.367. The number of amidine groups is 1. The van der Waals surface area contributed by atoms with Crippen LogP contribution in [-0.4, -0.2) is 34.9 Å². The van der Waals surface area contributed by atoms with Crippen LogP contribution >= 0.6 is 11.6 Å². The maximum atomic E-state index is 12.7. The van der Waals surface area contributed by atoms with E-state index in [2.05, 4.69) is 5.16 Å². The van der Waals surface area contributed by atoms with Crippen LogP contribution in [-0.2, 0) is 0 Å². The number of oxime groups is 1. The van der Waals surface area contributed by atoms with Crippen molar-refractivity contribution >= 4 is 23.3 Å². The summed E-state index contributed by atoms with van der Waals surface area (Å²) in [4.78, 5) is 14.4. The van der Waals surface area contributed by atoms with Crippen LogP contribution < -0.4 is 5.73 Å². The van der Waals surface area contributed by atoms with Gasteiger partial charge in [-0.3, -0.25) is 4.79 Å². The molecular weight excluding hydrogens is 290 g/mol. The topological polar surface area (TPSA) is 78.9 Å². The Bertz CT molecular complexity index is 530. The molecule has 0 saturated carbocycles. The fraction of sp³-hybridized carbons (Fsp3) is 0.467. The van der Waals surface area contributed by atoms with E-state index in [1.165, 1.54) is 0 Å². The Morgan fingerprint density at radius 1 is 1.48 bits per heavy atom. The Labute approximate surface area is 130 Å². The lowest BCUT2D eigenvalue weighted by Crippen LogP contribution is -2.37. The van der Waals surface area contributed by atoms with E-state index >= 15 is 0 Å². The SMILES string of the molecule is Cc1ccc(Cl)cc1C(=O)N(CC/C(N)=N/O)CC(C)C. The van der Waals surface area contributed by atoms with Crippen LogP contribution in [0.3, 0.4) is 0 Å². The largest absolute Gasteiger partial charge is 0.409 e. The molecule has 0 aliphatic rings. The molecule has 1 rings (SSSR count). The van der Waals surface area contributed by atoms with Gasteiger partial charge >= 0.3 is 0 Å². The summed E-state index contributed by atoms with van der Waals surface area (Å²) < 4.78 is 0. The predicted molar refractivity (Wildman–Crippen MR) is 85.0 cm³/mol. The van der Waals surface area contributed by atoms with E-state index in [0.717, 1.165) is 5.56 Å². The molecule has 0 unspecified atom stereocenters. The van der Waals surface area contributed by atoms with Crippen molar-refractivity contribution in [2.45, 2.75) is 27.2 Å². The van der Waals surface area contributed by atoms with Gasteiger partial charge in [0.15, 0.2) is 0 Å². The summed E-state index contributed by atoms with van der Waals surface area (Å²) in [5.41, 5.74) is 6.95. The molecule has 0 fully saturated rings. The molecule has 5 nitrogen and oxygen atoms in total. The van der Waals surface area contributed by atoms with Crippen molar-refractivity contribution in [3.8, 4) is 0 Å². The van der Waals surface area contributed by atoms with Crippen LogP contribution in [0.25, 0.3) is 0 Å². The second-order valence-electron chi connectivity index (χ2n) is 5.45. The third kappa shape index (κ3) is 5.27. The summed E-state index contributed by atoms with van der Waals surface area (Å²) >= 11 is 5.98. The van der Waals surface area contributed by atoms with Crippen molar-refractivity contribution < 1.29 is 10.0 Å². The highest BCUT2D eigenvalue weighted by atomic mass is 35.5. The molecule has 0 atom stereocenters. The molecule has 0 aliphatic heterocycles. The molecular formula is C15H22ClN3O2. The number of rotatable bonds is 6. The summed E-state index contributed by atoms with van der Waals surface area (Å²) in [6, 6.07) is 5.26. The van der Waals surface area contributed by atoms with Gasteiger partial charge in [0.1, 0.15) is 5.84 Å². The van der Waals surface area contributed by atoms with Gasteiger partial charge in [-0.25, -0.2) is 0 Å². The van der Waals surface area contributed by atoms with Crippen molar-refractivity contribution in [3.05, 3.63) is 34.3 Å². The summed E-state index contributed by atoms with van der Waals surface area (Å²) in [5, 5.41) is 12.1. The van der Waals surface area contributed by atoms with Crippen LogP contribution in [0.5, 0.6) is 0 Å². The van der Waals surface area contributed by atoms with Gasteiger partial charge in [0.25, 0.3) is 5.91 Å². The van der Waals surface area contributed by atoms with Crippen LogP contribution in [0, 0.1) is 12.8 Å². The summed E-state index contributed by atoms with van der Waals surface area (Å²) in [6.45, 7) is 6.95. The zero-order valence-electron chi connectivity index (χ0n) is 12.6. The summed E-state index contributed by atoms with van der Waals surface area (Å²) in [7, 11) is 0. The molecule has 0 spiro atoms. The molecule has 1 amide bonds. The number of amides is 1. The second kappa shape index (κ2) is 7.88. The third-order valence-electron chi connectivity index (χ3n) is 3.07. The lowest BCUT2D eigenvalue weighted by Gasteiger charge is -2.25. The van der Waals surface area contributed by atoms with Crippen molar-refractivity contribution in [2.24, 2.45) is 16.8 Å². The minimum absolute atomic E-state index is 0.0885. The normalized spacial score (nSPS) is 11.8. The van der Waals surface area contributed by atoms with Crippen molar-refractivity contribution in [1.82, 2.24) is 4.90 Å². The van der Waals surface area contributed by atoms with Gasteiger partial charge in [-0.1, -0.05) is 36.7 Å². The molecule has 6 heteroatoms. The smallest absolute Gasteiger partial charge is 0.254 e. The standard InChI is InChI=1S/C15H22ClN3O2/c1-10(2)9-19(7-6-14(17)18-21)15(20)13-8-12(16)5-4-11(13)3/h4-5,8,10,21H,6-7,9H2,1-3H3,(H2,17,18). The van der Waals surface area contributed by atoms with Gasteiger partial charge in [-0.05, 0) is 30.5 Å². The number of aryl methyl sites for hydroxylation is 1. The molecule has 0 bridgehead atoms. The zero-order chi connectivity index (χ0) is 16.0. The molecule has 0 radical (unpaired) electrons. The molecule has 21 heavy (non-hydrogen) atoms. The van der Waals surface area contributed by atoms with Crippen LogP contribution in [0.1, 0.15) is 36.2 Å². The van der Waals surface area contributed by atoms with Crippen molar-refractivity contribution in [3.63, 3.8) is 0 Å². The minimum Gasteiger partial charge on any atom is -0.409 e. The third-order valence-corrected chi connectivity index (χ3v) is 3.30. The van der Waals surface area contributed by atoms with E-state index in [4.69, 9.17) is 22.5 Å². The average Bonchev–Trinajstić information content (AvgIpc) is 2.44. The fourth-order valence-corrected chi connectivity index (χ4v) is 2.18. The zero-order valence-corrected chi connectivity index (χ0v) is 13.4. The highest BCUT2D eigenvalue weighted by molar-refractivity contribution is 6.31. The Hall–Kier alpha value is -1.75. The minimum atomic E-state index is -0.0885. The average molecular weight is 312 g/mol. The monoisotopic (exact) mass is 311 g/mol. The molecule has 1 aromatic carbocycles. The molecule has 116 valence electrons. The molecule has 0 heterocycles. The maximum Gasteiger partial charge on any atom is 0.254 e. The van der Waals surface area contributed by atoms with Crippen molar-refractivity contribution in [2.75, 3.05) is 13.1 Å². The first-order chi connectivity index (χ1) is 9.85. The Morgan fingerprint density at radius 3 is 2.71 bits per heavy atom. The van der Waals surface area contributed by atoms with Gasteiger partial charge < -0.3 is 15.8 Å². The number of carbonyl (C=O) groups is 1. The first-order valence-corrected chi connectivity index (χ1v) is 7.24. The van der Waals surface area contributed by atoms with E-state index < -0.39 is 0 Å². The fourth-order valence-electron chi connectivity index (χ4n) is 2.01. The maximum absolute atomic E-state index is 12.7. The number of nitrogens with two attached hydrogens (primary N) is 1. The molecule has 0 aromatic heterocycles. The van der Waals surface area contributed by atoms with Gasteiger partial charge in [-0.15, -0.1) is 0 Å². The number of carbonyl (C=O) groups excluding carboxylic acids is 1. The first kappa shape index (κ1) is 17.3. The number of halogens is 1. The van der Waals surface area contributed by atoms with Gasteiger partial charge in [0.05, 0.1) is 0 Å². The van der Waals surface area contributed by atoms with E-state index in [-0.39, 0.29) is 11.7 Å². The predicted octanol–water partition coefficient (Wildman–Crippen LogP) is 2.88. The highest BCUT2D eigenvalue weighted by Gasteiger charge is 2.19. The summed E-state index contributed by atoms with van der Waals surface area (Å²) in [5.74, 6) is 0.342. The van der Waals surface area contributed by atoms with Gasteiger partial charge in [0, 0.05) is 30.1 Å². The lowest BCUT2D eigenvalue weighted by atomic mass is 10.1. The van der Waals surface area contributed by atoms with Crippen LogP contribution in [0.2, 0.25) is 5.02 Å². The van der Waals surface area contributed by atoms with Gasteiger partial charge in [-0.2, -0.15) is 0 Å². The number of benzene rings is 1. The number of nitrogens with zero attached hydrogens (tertiary/aromatic N) is 2. The summed E-state index contributed by atoms with van der Waals surface area (Å²) in [6.07, 6.45) is 0.328. The van der Waals surface area contributed by atoms with Crippen molar-refractivity contribution in [1.29, 1.82) is 0 Å². The Balaban J connectivity index is 2.96. The first-order valence-electron chi connectivity index (χ1n) is 6.87. The second-order valence-corrected chi connectivity index (χ2v) is 5.88. The van der Waals surface area contributed by atoms with Crippen LogP contribution in [0.15, 0.2) is 23.4 Å². The highest BCUT2D eigenvalue weighted by Crippen LogP contribution is 2.18. The van der Waals surface area contributed by atoms with E-state index in [1.54, 1.807) is 17.0 Å². The van der Waals surface area contributed by atoms with Gasteiger partial charge in [0.2, 0.25) is 0 Å². The van der Waals surface area contributed by atoms with Crippen LogP contribution in [0.4, 0.5) is 0 Å².